The Hall–Kier alpha value is -2.45. The van der Waals surface area contributed by atoms with E-state index in [2.05, 4.69) is 27.5 Å². The van der Waals surface area contributed by atoms with Gasteiger partial charge in [0.05, 0.1) is 29.5 Å². The van der Waals surface area contributed by atoms with Gasteiger partial charge >= 0.3 is 0 Å². The van der Waals surface area contributed by atoms with Gasteiger partial charge < -0.3 is 4.90 Å². The second-order valence-electron chi connectivity index (χ2n) is 8.00. The minimum Gasteiger partial charge on any atom is -0.338 e. The number of carbonyl (C=O) groups is 1. The zero-order valence-corrected chi connectivity index (χ0v) is 17.4. The molecule has 29 heavy (non-hydrogen) atoms. The topological polar surface area (TPSA) is 73.7 Å². The lowest BCUT2D eigenvalue weighted by molar-refractivity contribution is -0.129. The number of hydrogen-bond acceptors (Lipinski definition) is 5. The smallest absolute Gasteiger partial charge is 0.277 e. The molecule has 2 aliphatic rings. The minimum absolute atomic E-state index is 0.00116. The molecule has 3 aromatic rings. The first-order valence-electron chi connectivity index (χ1n) is 10.3. The fourth-order valence-corrected chi connectivity index (χ4v) is 5.30. The van der Waals surface area contributed by atoms with Gasteiger partial charge in [-0.15, -0.1) is 11.3 Å². The maximum Gasteiger partial charge on any atom is 0.277 e. The van der Waals surface area contributed by atoms with Crippen molar-refractivity contribution in [3.05, 3.63) is 55.8 Å². The fourth-order valence-electron chi connectivity index (χ4n) is 4.57. The van der Waals surface area contributed by atoms with Crippen molar-refractivity contribution in [3.8, 4) is 0 Å². The summed E-state index contributed by atoms with van der Waals surface area (Å²) >= 11 is 1.79. The maximum absolute atomic E-state index is 13.1. The van der Waals surface area contributed by atoms with Crippen LogP contribution in [0.1, 0.15) is 54.1 Å². The van der Waals surface area contributed by atoms with Crippen LogP contribution in [0.2, 0.25) is 0 Å². The van der Waals surface area contributed by atoms with E-state index < -0.39 is 0 Å². The number of amides is 1. The molecule has 152 valence electrons. The number of H-pyrrole nitrogens is 1. The number of thiophene rings is 1. The number of fused-ring (bicyclic) bond motifs is 2. The van der Waals surface area contributed by atoms with Crippen LogP contribution in [0.4, 0.5) is 0 Å². The number of nitrogens with one attached hydrogen (secondary N) is 1. The second-order valence-corrected chi connectivity index (χ2v) is 9.03. The molecule has 0 aliphatic carbocycles. The average Bonchev–Trinajstić information content (AvgIpc) is 3.38. The molecule has 1 saturated heterocycles. The first kappa shape index (κ1) is 18.6. The minimum atomic E-state index is -0.0807. The summed E-state index contributed by atoms with van der Waals surface area (Å²) < 4.78 is 1.57. The van der Waals surface area contributed by atoms with Gasteiger partial charge in [0, 0.05) is 37.4 Å². The Kier molecular flexibility index (Phi) is 4.75. The third-order valence-electron chi connectivity index (χ3n) is 6.14. The number of rotatable bonds is 3. The van der Waals surface area contributed by atoms with Crippen LogP contribution in [-0.4, -0.2) is 43.4 Å². The Morgan fingerprint density at radius 3 is 3.03 bits per heavy atom. The number of hydrogen-bond donors (Lipinski definition) is 1. The third kappa shape index (κ3) is 3.40. The second kappa shape index (κ2) is 7.42. The molecule has 1 fully saturated rings. The zero-order valence-electron chi connectivity index (χ0n) is 16.6. The predicted molar refractivity (Wildman–Crippen MR) is 112 cm³/mol. The van der Waals surface area contributed by atoms with E-state index in [1.165, 1.54) is 17.7 Å². The number of likely N-dealkylation sites (tertiary alicyclic amines) is 1. The van der Waals surface area contributed by atoms with Gasteiger partial charge in [-0.05, 0) is 30.8 Å². The van der Waals surface area contributed by atoms with Crippen LogP contribution in [-0.2, 0) is 24.3 Å². The Bertz CT molecular complexity index is 1100. The SMILES string of the molecule is CC(=O)N1CCc2nc3cc([C@@H]4CCCCN4Cc4cccs4)[nH]n3c(=O)c2C1. The van der Waals surface area contributed by atoms with Crippen molar-refractivity contribution in [2.45, 2.75) is 51.7 Å². The Labute approximate surface area is 173 Å². The van der Waals surface area contributed by atoms with Gasteiger partial charge in [0.15, 0.2) is 5.65 Å². The monoisotopic (exact) mass is 411 g/mol. The summed E-state index contributed by atoms with van der Waals surface area (Å²) in [6.07, 6.45) is 4.10. The van der Waals surface area contributed by atoms with Crippen LogP contribution in [0.25, 0.3) is 5.65 Å². The molecular formula is C21H25N5O2S. The molecule has 0 bridgehead atoms. The zero-order chi connectivity index (χ0) is 20.0. The van der Waals surface area contributed by atoms with Crippen LogP contribution in [0.5, 0.6) is 0 Å². The fraction of sp³-hybridized carbons (Fsp3) is 0.476. The number of nitrogens with zero attached hydrogens (tertiary/aromatic N) is 4. The van der Waals surface area contributed by atoms with Crippen molar-refractivity contribution in [2.24, 2.45) is 0 Å². The number of piperidine rings is 1. The van der Waals surface area contributed by atoms with E-state index in [4.69, 9.17) is 4.98 Å². The van der Waals surface area contributed by atoms with Crippen LogP contribution >= 0.6 is 11.3 Å². The van der Waals surface area contributed by atoms with E-state index in [1.807, 2.05) is 6.07 Å². The van der Waals surface area contributed by atoms with E-state index in [0.717, 1.165) is 30.9 Å². The summed E-state index contributed by atoms with van der Waals surface area (Å²) in [5, 5.41) is 5.46. The molecule has 0 saturated carbocycles. The molecule has 5 rings (SSSR count). The molecule has 8 heteroatoms. The molecule has 0 spiro atoms. The molecule has 5 heterocycles. The lowest BCUT2D eigenvalue weighted by Crippen LogP contribution is -2.39. The van der Waals surface area contributed by atoms with Crippen LogP contribution < -0.4 is 5.56 Å². The van der Waals surface area contributed by atoms with E-state index in [-0.39, 0.29) is 17.5 Å². The van der Waals surface area contributed by atoms with Crippen LogP contribution in [0.3, 0.4) is 0 Å². The Morgan fingerprint density at radius 2 is 2.24 bits per heavy atom. The highest BCUT2D eigenvalue weighted by molar-refractivity contribution is 7.09. The van der Waals surface area contributed by atoms with E-state index in [1.54, 1.807) is 27.7 Å². The highest BCUT2D eigenvalue weighted by Crippen LogP contribution is 2.32. The van der Waals surface area contributed by atoms with Gasteiger partial charge in [-0.3, -0.25) is 19.6 Å². The van der Waals surface area contributed by atoms with Gasteiger partial charge in [-0.25, -0.2) is 9.50 Å². The molecule has 2 aliphatic heterocycles. The highest BCUT2D eigenvalue weighted by atomic mass is 32.1. The van der Waals surface area contributed by atoms with Crippen molar-refractivity contribution >= 4 is 22.9 Å². The number of carbonyl (C=O) groups excluding carboxylic acids is 1. The number of aromatic amines is 1. The van der Waals surface area contributed by atoms with Gasteiger partial charge in [0.25, 0.3) is 5.56 Å². The summed E-state index contributed by atoms with van der Waals surface area (Å²) in [4.78, 5) is 35.2. The lowest BCUT2D eigenvalue weighted by atomic mass is 9.99. The lowest BCUT2D eigenvalue weighted by Gasteiger charge is -2.34. The maximum atomic E-state index is 13.1. The van der Waals surface area contributed by atoms with E-state index in [0.29, 0.717) is 30.7 Å². The molecule has 7 nitrogen and oxygen atoms in total. The van der Waals surface area contributed by atoms with Crippen molar-refractivity contribution in [1.82, 2.24) is 24.4 Å². The molecular weight excluding hydrogens is 386 g/mol. The highest BCUT2D eigenvalue weighted by Gasteiger charge is 2.28. The predicted octanol–water partition coefficient (Wildman–Crippen LogP) is 2.72. The van der Waals surface area contributed by atoms with Gasteiger partial charge in [-0.2, -0.15) is 0 Å². The quantitative estimate of drug-likeness (QED) is 0.719. The third-order valence-corrected chi connectivity index (χ3v) is 7.00. The van der Waals surface area contributed by atoms with E-state index >= 15 is 0 Å². The van der Waals surface area contributed by atoms with Crippen molar-refractivity contribution < 1.29 is 4.79 Å². The summed E-state index contributed by atoms with van der Waals surface area (Å²) in [5.41, 5.74) is 3.12. The Morgan fingerprint density at radius 1 is 1.34 bits per heavy atom. The first-order chi connectivity index (χ1) is 14.1. The summed E-state index contributed by atoms with van der Waals surface area (Å²) in [7, 11) is 0. The van der Waals surface area contributed by atoms with E-state index in [9.17, 15) is 9.59 Å². The summed E-state index contributed by atoms with van der Waals surface area (Å²) in [6, 6.07) is 6.58. The summed E-state index contributed by atoms with van der Waals surface area (Å²) in [6.45, 7) is 4.52. The molecule has 1 N–H and O–H groups in total. The molecule has 1 amide bonds. The number of aromatic nitrogens is 3. The van der Waals surface area contributed by atoms with Crippen molar-refractivity contribution in [2.75, 3.05) is 13.1 Å². The Balaban J connectivity index is 1.50. The largest absolute Gasteiger partial charge is 0.338 e. The first-order valence-corrected chi connectivity index (χ1v) is 11.1. The average molecular weight is 412 g/mol. The van der Waals surface area contributed by atoms with Gasteiger partial charge in [-0.1, -0.05) is 12.5 Å². The molecule has 0 aromatic carbocycles. The van der Waals surface area contributed by atoms with Crippen LogP contribution in [0.15, 0.2) is 28.4 Å². The standard InChI is InChI=1S/C21H25N5O2S/c1-14(27)24-9-7-17-16(13-24)21(28)26-20(22-17)11-18(23-26)19-6-2-3-8-25(19)12-15-5-4-10-29-15/h4-5,10-11,19,23H,2-3,6-9,12-13H2,1H3/t19-/m0/s1. The van der Waals surface area contributed by atoms with Crippen molar-refractivity contribution in [1.29, 1.82) is 0 Å². The molecule has 3 aromatic heterocycles. The van der Waals surface area contributed by atoms with Crippen molar-refractivity contribution in [3.63, 3.8) is 0 Å². The summed E-state index contributed by atoms with van der Waals surface area (Å²) in [5.74, 6) is -0.00116. The van der Waals surface area contributed by atoms with Gasteiger partial charge in [0.1, 0.15) is 0 Å². The molecule has 0 unspecified atom stereocenters. The van der Waals surface area contributed by atoms with Gasteiger partial charge in [0.2, 0.25) is 5.91 Å². The molecule has 0 radical (unpaired) electrons. The molecule has 1 atom stereocenters. The normalized spacial score (nSPS) is 20.2. The van der Waals surface area contributed by atoms with Crippen LogP contribution in [0, 0.1) is 0 Å².